The quantitative estimate of drug-likeness (QED) is 0.912. The number of para-hydroxylation sites is 1. The molecule has 1 N–H and O–H groups in total. The van der Waals surface area contributed by atoms with E-state index in [1.165, 1.54) is 25.3 Å². The van der Waals surface area contributed by atoms with Crippen LogP contribution in [0.3, 0.4) is 0 Å². The highest BCUT2D eigenvalue weighted by molar-refractivity contribution is 5.93. The molecule has 0 bridgehead atoms. The number of methoxy groups -OCH3 is 1. The minimum absolute atomic E-state index is 0.163. The van der Waals surface area contributed by atoms with E-state index < -0.39 is 11.7 Å². The minimum Gasteiger partial charge on any atom is -0.495 e. The highest BCUT2D eigenvalue weighted by Gasteiger charge is 2.09. The number of halogens is 1. The van der Waals surface area contributed by atoms with E-state index in [0.29, 0.717) is 11.5 Å². The van der Waals surface area contributed by atoms with Crippen LogP contribution in [0.2, 0.25) is 0 Å². The molecule has 0 atom stereocenters. The van der Waals surface area contributed by atoms with Crippen LogP contribution in [0.25, 0.3) is 0 Å². The number of nitrogens with one attached hydrogen (secondary N) is 1. The first kappa shape index (κ1) is 13.9. The van der Waals surface area contributed by atoms with Crippen molar-refractivity contribution in [2.75, 3.05) is 19.0 Å². The van der Waals surface area contributed by atoms with E-state index in [1.807, 2.05) is 18.2 Å². The Morgan fingerprint density at radius 1 is 1.20 bits per heavy atom. The SMILES string of the molecule is COc1ccc(F)cc1NC(=O)COc1ccccc1. The maximum absolute atomic E-state index is 13.1. The van der Waals surface area contributed by atoms with E-state index in [2.05, 4.69) is 5.32 Å². The molecule has 4 nitrogen and oxygen atoms in total. The topological polar surface area (TPSA) is 47.6 Å². The smallest absolute Gasteiger partial charge is 0.262 e. The van der Waals surface area contributed by atoms with Crippen molar-refractivity contribution in [1.29, 1.82) is 0 Å². The number of anilines is 1. The lowest BCUT2D eigenvalue weighted by molar-refractivity contribution is -0.118. The molecule has 0 spiro atoms. The Balaban J connectivity index is 1.96. The van der Waals surface area contributed by atoms with Crippen LogP contribution < -0.4 is 14.8 Å². The largest absolute Gasteiger partial charge is 0.495 e. The zero-order chi connectivity index (χ0) is 14.4. The zero-order valence-corrected chi connectivity index (χ0v) is 10.9. The minimum atomic E-state index is -0.454. The molecular weight excluding hydrogens is 261 g/mol. The Morgan fingerprint density at radius 2 is 1.95 bits per heavy atom. The van der Waals surface area contributed by atoms with Gasteiger partial charge >= 0.3 is 0 Å². The number of carbonyl (C=O) groups excluding carboxylic acids is 1. The first-order valence-corrected chi connectivity index (χ1v) is 6.00. The summed E-state index contributed by atoms with van der Waals surface area (Å²) in [5.74, 6) is 0.135. The van der Waals surface area contributed by atoms with Crippen molar-refractivity contribution in [3.8, 4) is 11.5 Å². The Hall–Kier alpha value is -2.56. The van der Waals surface area contributed by atoms with Crippen LogP contribution >= 0.6 is 0 Å². The van der Waals surface area contributed by atoms with Crippen LogP contribution in [0.4, 0.5) is 10.1 Å². The maximum atomic E-state index is 13.1. The van der Waals surface area contributed by atoms with Gasteiger partial charge in [0.1, 0.15) is 17.3 Å². The molecule has 0 fully saturated rings. The molecule has 0 unspecified atom stereocenters. The fourth-order valence-corrected chi connectivity index (χ4v) is 1.63. The Morgan fingerprint density at radius 3 is 2.65 bits per heavy atom. The van der Waals surface area contributed by atoms with Crippen LogP contribution in [0.1, 0.15) is 0 Å². The number of amides is 1. The van der Waals surface area contributed by atoms with E-state index in [9.17, 15) is 9.18 Å². The van der Waals surface area contributed by atoms with Crippen LogP contribution in [0.15, 0.2) is 48.5 Å². The molecule has 0 saturated heterocycles. The predicted octanol–water partition coefficient (Wildman–Crippen LogP) is 2.85. The lowest BCUT2D eigenvalue weighted by atomic mass is 10.3. The van der Waals surface area contributed by atoms with Gasteiger partial charge in [0.25, 0.3) is 5.91 Å². The molecule has 2 aromatic rings. The van der Waals surface area contributed by atoms with Crippen molar-refractivity contribution in [3.05, 3.63) is 54.3 Å². The summed E-state index contributed by atoms with van der Waals surface area (Å²) < 4.78 is 23.5. The zero-order valence-electron chi connectivity index (χ0n) is 10.9. The van der Waals surface area contributed by atoms with Crippen molar-refractivity contribution in [2.24, 2.45) is 0 Å². The summed E-state index contributed by atoms with van der Waals surface area (Å²) >= 11 is 0. The van der Waals surface area contributed by atoms with Gasteiger partial charge in [0.2, 0.25) is 0 Å². The van der Waals surface area contributed by atoms with Gasteiger partial charge in [0.15, 0.2) is 6.61 Å². The first-order valence-electron chi connectivity index (χ1n) is 6.00. The highest BCUT2D eigenvalue weighted by Crippen LogP contribution is 2.24. The molecule has 5 heteroatoms. The molecule has 2 rings (SSSR count). The normalized spacial score (nSPS) is 9.90. The molecule has 0 heterocycles. The lowest BCUT2D eigenvalue weighted by Crippen LogP contribution is -2.20. The van der Waals surface area contributed by atoms with Crippen molar-refractivity contribution < 1.29 is 18.7 Å². The summed E-state index contributed by atoms with van der Waals surface area (Å²) in [4.78, 5) is 11.8. The van der Waals surface area contributed by atoms with E-state index in [1.54, 1.807) is 12.1 Å². The third kappa shape index (κ3) is 3.71. The summed E-state index contributed by atoms with van der Waals surface area (Å²) in [6.45, 7) is -0.163. The molecule has 0 aliphatic rings. The average Bonchev–Trinajstić information content (AvgIpc) is 2.46. The van der Waals surface area contributed by atoms with Gasteiger partial charge in [-0.05, 0) is 24.3 Å². The molecule has 2 aromatic carbocycles. The number of benzene rings is 2. The average molecular weight is 275 g/mol. The van der Waals surface area contributed by atoms with Gasteiger partial charge in [0.05, 0.1) is 12.8 Å². The van der Waals surface area contributed by atoms with Crippen molar-refractivity contribution in [2.45, 2.75) is 0 Å². The standard InChI is InChI=1S/C15H14FNO3/c1-19-14-8-7-11(16)9-13(14)17-15(18)10-20-12-5-3-2-4-6-12/h2-9H,10H2,1H3,(H,17,18). The summed E-state index contributed by atoms with van der Waals surface area (Å²) in [6.07, 6.45) is 0. The Kier molecular flexibility index (Phi) is 4.55. The fraction of sp³-hybridized carbons (Fsp3) is 0.133. The number of carbonyl (C=O) groups is 1. The first-order chi connectivity index (χ1) is 9.69. The molecule has 104 valence electrons. The predicted molar refractivity (Wildman–Crippen MR) is 73.5 cm³/mol. The van der Waals surface area contributed by atoms with Gasteiger partial charge in [-0.1, -0.05) is 18.2 Å². The van der Waals surface area contributed by atoms with Gasteiger partial charge in [0, 0.05) is 6.07 Å². The second kappa shape index (κ2) is 6.56. The van der Waals surface area contributed by atoms with Crippen LogP contribution in [0.5, 0.6) is 11.5 Å². The number of rotatable bonds is 5. The van der Waals surface area contributed by atoms with Gasteiger partial charge in [-0.2, -0.15) is 0 Å². The van der Waals surface area contributed by atoms with Gasteiger partial charge < -0.3 is 14.8 Å². The van der Waals surface area contributed by atoms with Crippen molar-refractivity contribution in [3.63, 3.8) is 0 Å². The number of ether oxygens (including phenoxy) is 2. The number of hydrogen-bond acceptors (Lipinski definition) is 3. The molecule has 0 aliphatic heterocycles. The third-order valence-electron chi connectivity index (χ3n) is 2.55. The molecule has 0 aromatic heterocycles. The summed E-state index contributed by atoms with van der Waals surface area (Å²) in [5.41, 5.74) is 0.272. The van der Waals surface area contributed by atoms with Crippen molar-refractivity contribution >= 4 is 11.6 Å². The fourth-order valence-electron chi connectivity index (χ4n) is 1.63. The molecule has 20 heavy (non-hydrogen) atoms. The molecular formula is C15H14FNO3. The monoisotopic (exact) mass is 275 g/mol. The third-order valence-corrected chi connectivity index (χ3v) is 2.55. The van der Waals surface area contributed by atoms with Crippen LogP contribution in [0, 0.1) is 5.82 Å². The van der Waals surface area contributed by atoms with Gasteiger partial charge in [-0.3, -0.25) is 4.79 Å². The molecule has 1 amide bonds. The van der Waals surface area contributed by atoms with E-state index in [-0.39, 0.29) is 12.3 Å². The maximum Gasteiger partial charge on any atom is 0.262 e. The molecule has 0 radical (unpaired) electrons. The summed E-state index contributed by atoms with van der Waals surface area (Å²) in [5, 5.41) is 2.54. The highest BCUT2D eigenvalue weighted by atomic mass is 19.1. The van der Waals surface area contributed by atoms with Crippen LogP contribution in [-0.4, -0.2) is 19.6 Å². The summed E-state index contributed by atoms with van der Waals surface area (Å²) in [6, 6.07) is 12.9. The second-order valence-electron chi connectivity index (χ2n) is 3.99. The lowest BCUT2D eigenvalue weighted by Gasteiger charge is -2.10. The molecule has 0 aliphatic carbocycles. The second-order valence-corrected chi connectivity index (χ2v) is 3.99. The van der Waals surface area contributed by atoms with Gasteiger partial charge in [-0.25, -0.2) is 4.39 Å². The Labute approximate surface area is 116 Å². The van der Waals surface area contributed by atoms with Crippen LogP contribution in [-0.2, 0) is 4.79 Å². The van der Waals surface area contributed by atoms with E-state index in [4.69, 9.17) is 9.47 Å². The summed E-state index contributed by atoms with van der Waals surface area (Å²) in [7, 11) is 1.45. The van der Waals surface area contributed by atoms with Crippen molar-refractivity contribution in [1.82, 2.24) is 0 Å². The van der Waals surface area contributed by atoms with Gasteiger partial charge in [-0.15, -0.1) is 0 Å². The van der Waals surface area contributed by atoms with E-state index >= 15 is 0 Å². The number of hydrogen-bond donors (Lipinski definition) is 1. The molecule has 0 saturated carbocycles. The Bertz CT molecular complexity index is 587. The van der Waals surface area contributed by atoms with E-state index in [0.717, 1.165) is 0 Å².